The molecule has 2 saturated heterocycles. The van der Waals surface area contributed by atoms with Crippen LogP contribution < -0.4 is 10.6 Å². The molecule has 1 amide bonds. The van der Waals surface area contributed by atoms with E-state index in [2.05, 4.69) is 35.7 Å². The molecule has 0 radical (unpaired) electrons. The lowest BCUT2D eigenvalue weighted by atomic mass is 10.1. The van der Waals surface area contributed by atoms with Gasteiger partial charge in [0.05, 0.1) is 18.0 Å². The van der Waals surface area contributed by atoms with Crippen LogP contribution in [0.5, 0.6) is 0 Å². The lowest BCUT2D eigenvalue weighted by molar-refractivity contribution is 0.0615. The molecule has 5 rings (SSSR count). The van der Waals surface area contributed by atoms with Crippen LogP contribution in [0.15, 0.2) is 24.5 Å². The van der Waals surface area contributed by atoms with E-state index in [9.17, 15) is 9.18 Å². The van der Waals surface area contributed by atoms with Crippen LogP contribution in [0, 0.1) is 0 Å². The van der Waals surface area contributed by atoms with Crippen LogP contribution >= 0.6 is 0 Å². The van der Waals surface area contributed by atoms with Gasteiger partial charge in [0.2, 0.25) is 5.95 Å². The molecule has 2 aliphatic rings. The zero-order chi connectivity index (χ0) is 22.9. The number of alkyl carbamates (subject to hydrolysis) is 1. The molecule has 0 aliphatic carbocycles. The van der Waals surface area contributed by atoms with Gasteiger partial charge in [-0.25, -0.2) is 19.2 Å². The van der Waals surface area contributed by atoms with Crippen molar-refractivity contribution in [3.8, 4) is 0 Å². The van der Waals surface area contributed by atoms with Crippen molar-refractivity contribution in [2.75, 3.05) is 25.0 Å². The zero-order valence-electron chi connectivity index (χ0n) is 18.5. The fraction of sp³-hybridized carbons (Fsp3) is 0.524. The molecule has 5 heterocycles. The molecule has 0 unspecified atom stereocenters. The highest BCUT2D eigenvalue weighted by Gasteiger charge is 2.42. The van der Waals surface area contributed by atoms with Crippen LogP contribution in [0.1, 0.15) is 37.8 Å². The van der Waals surface area contributed by atoms with Crippen molar-refractivity contribution in [3.63, 3.8) is 0 Å². The summed E-state index contributed by atoms with van der Waals surface area (Å²) in [5.74, 6) is 1.00. The maximum atomic E-state index is 14.9. The summed E-state index contributed by atoms with van der Waals surface area (Å²) in [4.78, 5) is 23.2. The molecule has 0 saturated carbocycles. The third-order valence-corrected chi connectivity index (χ3v) is 5.66. The Labute approximate surface area is 189 Å². The summed E-state index contributed by atoms with van der Waals surface area (Å²) in [5, 5.41) is 12.7. The second-order valence-electron chi connectivity index (χ2n) is 8.63. The lowest BCUT2D eigenvalue weighted by Gasteiger charge is -2.29. The number of ether oxygens (including phenoxy) is 2. The fourth-order valence-electron chi connectivity index (χ4n) is 3.91. The number of anilines is 2. The maximum Gasteiger partial charge on any atom is 0.407 e. The molecule has 0 bridgehead atoms. The number of hydrogen-bond acceptors (Lipinski definition) is 8. The van der Waals surface area contributed by atoms with E-state index in [1.165, 1.54) is 6.42 Å². The predicted octanol–water partition coefficient (Wildman–Crippen LogP) is 2.31. The largest absolute Gasteiger partial charge is 0.441 e. The van der Waals surface area contributed by atoms with Gasteiger partial charge >= 0.3 is 6.09 Å². The Hall–Kier alpha value is -3.25. The number of halogens is 1. The van der Waals surface area contributed by atoms with E-state index in [0.717, 1.165) is 31.0 Å². The standard InChI is InChI=1S/C21H27FN8O3/c1-12(2)24-21(31)33-15-11-32-19(18(15)22)14-8-16(28-27-14)26-20-23-5-4-17-25-13(10-30(17)20)9-29-6-3-7-29/h4-5,8,10,12,15,18-19H,3,6-7,9,11H2,1-2H3,(H,24,31)(H2,23,26,27,28)/t15-,18+,19-/m1/s1. The van der Waals surface area contributed by atoms with E-state index in [0.29, 0.717) is 17.5 Å². The van der Waals surface area contributed by atoms with Crippen LogP contribution in [-0.2, 0) is 16.0 Å². The minimum atomic E-state index is -1.52. The van der Waals surface area contributed by atoms with E-state index in [1.54, 1.807) is 26.1 Å². The second kappa shape index (κ2) is 8.94. The smallest absolute Gasteiger partial charge is 0.407 e. The molecule has 3 atom stereocenters. The van der Waals surface area contributed by atoms with E-state index in [4.69, 9.17) is 9.47 Å². The van der Waals surface area contributed by atoms with Gasteiger partial charge in [-0.1, -0.05) is 0 Å². The van der Waals surface area contributed by atoms with E-state index in [1.807, 2.05) is 16.7 Å². The summed E-state index contributed by atoms with van der Waals surface area (Å²) in [7, 11) is 0. The first-order chi connectivity index (χ1) is 16.0. The number of nitrogens with zero attached hydrogens (tertiary/aromatic N) is 5. The Kier molecular flexibility index (Phi) is 5.85. The van der Waals surface area contributed by atoms with Crippen molar-refractivity contribution in [2.24, 2.45) is 0 Å². The quantitative estimate of drug-likeness (QED) is 0.493. The number of nitrogens with one attached hydrogen (secondary N) is 3. The first-order valence-electron chi connectivity index (χ1n) is 11.1. The molecule has 2 fully saturated rings. The van der Waals surface area contributed by atoms with Crippen LogP contribution in [0.3, 0.4) is 0 Å². The van der Waals surface area contributed by atoms with Crippen molar-refractivity contribution < 1.29 is 18.7 Å². The van der Waals surface area contributed by atoms with Gasteiger partial charge in [0.25, 0.3) is 0 Å². The van der Waals surface area contributed by atoms with Crippen LogP contribution in [-0.4, -0.2) is 73.6 Å². The highest BCUT2D eigenvalue weighted by atomic mass is 19.1. The number of alkyl halides is 1. The molecule has 33 heavy (non-hydrogen) atoms. The van der Waals surface area contributed by atoms with Crippen molar-refractivity contribution in [2.45, 2.75) is 51.2 Å². The molecule has 3 N–H and O–H groups in total. The van der Waals surface area contributed by atoms with E-state index >= 15 is 0 Å². The molecular weight excluding hydrogens is 431 g/mol. The number of H-pyrrole nitrogens is 1. The number of imidazole rings is 1. The minimum absolute atomic E-state index is 0.0329. The highest BCUT2D eigenvalue weighted by Crippen LogP contribution is 2.33. The van der Waals surface area contributed by atoms with Gasteiger partial charge in [0.15, 0.2) is 18.1 Å². The molecule has 11 nitrogen and oxygen atoms in total. The fourth-order valence-corrected chi connectivity index (χ4v) is 3.91. The predicted molar refractivity (Wildman–Crippen MR) is 117 cm³/mol. The zero-order valence-corrected chi connectivity index (χ0v) is 18.5. The Morgan fingerprint density at radius 2 is 2.27 bits per heavy atom. The summed E-state index contributed by atoms with van der Waals surface area (Å²) in [6.07, 6.45) is 0.777. The number of carbonyl (C=O) groups is 1. The lowest BCUT2D eigenvalue weighted by Crippen LogP contribution is -2.36. The number of aromatic nitrogens is 5. The van der Waals surface area contributed by atoms with Crippen molar-refractivity contribution in [1.82, 2.24) is 34.8 Å². The number of rotatable bonds is 7. The topological polar surface area (TPSA) is 122 Å². The normalized spacial score (nSPS) is 23.1. The van der Waals surface area contributed by atoms with Gasteiger partial charge in [-0.3, -0.25) is 14.4 Å². The number of carbonyl (C=O) groups excluding carboxylic acids is 1. The summed E-state index contributed by atoms with van der Waals surface area (Å²) in [5.41, 5.74) is 2.19. The van der Waals surface area contributed by atoms with Gasteiger partial charge in [-0.2, -0.15) is 5.10 Å². The SMILES string of the molecule is CC(C)NC(=O)O[C@@H]1CO[C@H](c2cc(Nc3nccc4nc(CN5CCC5)cn34)n[nH]2)[C@H]1F. The van der Waals surface area contributed by atoms with Gasteiger partial charge in [-0.05, 0) is 39.4 Å². The first-order valence-corrected chi connectivity index (χ1v) is 11.1. The van der Waals surface area contributed by atoms with Gasteiger partial charge < -0.3 is 20.1 Å². The van der Waals surface area contributed by atoms with Gasteiger partial charge in [-0.15, -0.1) is 0 Å². The van der Waals surface area contributed by atoms with Crippen molar-refractivity contribution >= 4 is 23.5 Å². The molecule has 0 spiro atoms. The van der Waals surface area contributed by atoms with Gasteiger partial charge in [0.1, 0.15) is 11.8 Å². The Bertz CT molecular complexity index is 1130. The maximum absolute atomic E-state index is 14.9. The van der Waals surface area contributed by atoms with E-state index < -0.39 is 24.5 Å². The number of aromatic amines is 1. The van der Waals surface area contributed by atoms with Crippen molar-refractivity contribution in [3.05, 3.63) is 35.9 Å². The number of amides is 1. The molecule has 12 heteroatoms. The third-order valence-electron chi connectivity index (χ3n) is 5.66. The van der Waals surface area contributed by atoms with E-state index in [-0.39, 0.29) is 12.6 Å². The molecule has 3 aromatic heterocycles. The summed E-state index contributed by atoms with van der Waals surface area (Å²) < 4.78 is 27.5. The Morgan fingerprint density at radius 1 is 1.42 bits per heavy atom. The highest BCUT2D eigenvalue weighted by molar-refractivity contribution is 5.67. The van der Waals surface area contributed by atoms with Gasteiger partial charge in [0, 0.05) is 31.0 Å². The van der Waals surface area contributed by atoms with Crippen molar-refractivity contribution in [1.29, 1.82) is 0 Å². The second-order valence-corrected chi connectivity index (χ2v) is 8.63. The van der Waals surface area contributed by atoms with Crippen LogP contribution in [0.25, 0.3) is 5.65 Å². The average Bonchev–Trinajstić information content (AvgIpc) is 3.44. The summed E-state index contributed by atoms with van der Waals surface area (Å²) in [6, 6.07) is 3.40. The molecule has 3 aromatic rings. The molecular formula is C21H27FN8O3. The molecule has 0 aromatic carbocycles. The summed E-state index contributed by atoms with van der Waals surface area (Å²) >= 11 is 0. The third kappa shape index (κ3) is 4.62. The van der Waals surface area contributed by atoms with Crippen LogP contribution in [0.4, 0.5) is 21.0 Å². The first kappa shape index (κ1) is 21.6. The van der Waals surface area contributed by atoms with Crippen LogP contribution in [0.2, 0.25) is 0 Å². The molecule has 176 valence electrons. The Balaban J connectivity index is 1.26. The number of hydrogen-bond donors (Lipinski definition) is 3. The average molecular weight is 458 g/mol. The summed E-state index contributed by atoms with van der Waals surface area (Å²) in [6.45, 7) is 6.57. The monoisotopic (exact) mass is 458 g/mol. The minimum Gasteiger partial charge on any atom is -0.441 e. The number of likely N-dealkylation sites (tertiary alicyclic amines) is 1. The Morgan fingerprint density at radius 3 is 3.03 bits per heavy atom. The molecule has 2 aliphatic heterocycles. The number of fused-ring (bicyclic) bond motifs is 1.